The SMILES string of the molecule is COCc1ccc(CC(C)N)o1.Cl. The van der Waals surface area contributed by atoms with Gasteiger partial charge in [-0.25, -0.2) is 0 Å². The van der Waals surface area contributed by atoms with Gasteiger partial charge in [0.05, 0.1) is 0 Å². The van der Waals surface area contributed by atoms with Crippen molar-refractivity contribution in [3.05, 3.63) is 23.7 Å². The van der Waals surface area contributed by atoms with Crippen LogP contribution in [0.2, 0.25) is 0 Å². The first-order chi connectivity index (χ1) is 5.72. The van der Waals surface area contributed by atoms with E-state index < -0.39 is 0 Å². The first-order valence-corrected chi connectivity index (χ1v) is 4.04. The number of methoxy groups -OCH3 is 1. The van der Waals surface area contributed by atoms with Gasteiger partial charge in [0.2, 0.25) is 0 Å². The van der Waals surface area contributed by atoms with E-state index >= 15 is 0 Å². The molecule has 0 aliphatic carbocycles. The van der Waals surface area contributed by atoms with Gasteiger partial charge in [-0.05, 0) is 19.1 Å². The molecular formula is C9H16ClNO2. The number of nitrogens with two attached hydrogens (primary N) is 1. The van der Waals surface area contributed by atoms with E-state index in [4.69, 9.17) is 14.9 Å². The molecule has 0 bridgehead atoms. The standard InChI is InChI=1S/C9H15NO2.ClH/c1-7(10)5-8-3-4-9(12-8)6-11-2;/h3-4,7H,5-6,10H2,1-2H3;1H. The number of ether oxygens (including phenoxy) is 1. The molecule has 2 N–H and O–H groups in total. The van der Waals surface area contributed by atoms with Crippen LogP contribution in [-0.4, -0.2) is 13.2 Å². The molecule has 1 aromatic rings. The molecule has 0 saturated carbocycles. The van der Waals surface area contributed by atoms with Gasteiger partial charge in [-0.1, -0.05) is 0 Å². The maximum Gasteiger partial charge on any atom is 0.129 e. The third-order valence-corrected chi connectivity index (χ3v) is 1.53. The molecule has 1 atom stereocenters. The average Bonchev–Trinajstić information content (AvgIpc) is 2.36. The maximum absolute atomic E-state index is 5.62. The van der Waals surface area contributed by atoms with Crippen molar-refractivity contribution < 1.29 is 9.15 Å². The lowest BCUT2D eigenvalue weighted by Crippen LogP contribution is -2.17. The molecule has 0 aliphatic heterocycles. The maximum atomic E-state index is 5.62. The van der Waals surface area contributed by atoms with E-state index in [0.29, 0.717) is 6.61 Å². The first-order valence-electron chi connectivity index (χ1n) is 4.04. The molecule has 0 amide bonds. The van der Waals surface area contributed by atoms with E-state index in [1.54, 1.807) is 7.11 Å². The molecular weight excluding hydrogens is 190 g/mol. The molecule has 1 heterocycles. The highest BCUT2D eigenvalue weighted by Crippen LogP contribution is 2.10. The van der Waals surface area contributed by atoms with E-state index in [0.717, 1.165) is 17.9 Å². The topological polar surface area (TPSA) is 48.4 Å². The summed E-state index contributed by atoms with van der Waals surface area (Å²) in [6, 6.07) is 4.00. The third kappa shape index (κ3) is 4.31. The normalized spacial score (nSPS) is 12.2. The number of hydrogen-bond donors (Lipinski definition) is 1. The Balaban J connectivity index is 0.00000144. The lowest BCUT2D eigenvalue weighted by atomic mass is 10.2. The Kier molecular flexibility index (Phi) is 5.79. The number of halogens is 1. The van der Waals surface area contributed by atoms with Gasteiger partial charge in [-0.15, -0.1) is 12.4 Å². The molecule has 76 valence electrons. The zero-order chi connectivity index (χ0) is 8.97. The summed E-state index contributed by atoms with van der Waals surface area (Å²) in [6.45, 7) is 2.48. The summed E-state index contributed by atoms with van der Waals surface area (Å²) in [5.74, 6) is 1.78. The van der Waals surface area contributed by atoms with Crippen LogP contribution in [0.15, 0.2) is 16.5 Å². The molecule has 4 heteroatoms. The molecule has 1 aromatic heterocycles. The Bertz CT molecular complexity index is 235. The van der Waals surface area contributed by atoms with Gasteiger partial charge in [0.1, 0.15) is 18.1 Å². The number of hydrogen-bond acceptors (Lipinski definition) is 3. The van der Waals surface area contributed by atoms with Crippen LogP contribution in [-0.2, 0) is 17.8 Å². The fourth-order valence-electron chi connectivity index (χ4n) is 1.07. The number of rotatable bonds is 4. The Labute approximate surface area is 84.7 Å². The third-order valence-electron chi connectivity index (χ3n) is 1.53. The van der Waals surface area contributed by atoms with Crippen LogP contribution in [0.3, 0.4) is 0 Å². The lowest BCUT2D eigenvalue weighted by molar-refractivity contribution is 0.162. The zero-order valence-corrected chi connectivity index (χ0v) is 8.76. The molecule has 1 rings (SSSR count). The molecule has 1 unspecified atom stereocenters. The minimum atomic E-state index is 0. The average molecular weight is 206 g/mol. The van der Waals surface area contributed by atoms with Gasteiger partial charge in [-0.3, -0.25) is 0 Å². The first kappa shape index (κ1) is 12.5. The largest absolute Gasteiger partial charge is 0.464 e. The molecule has 3 nitrogen and oxygen atoms in total. The van der Waals surface area contributed by atoms with Gasteiger partial charge in [0.25, 0.3) is 0 Å². The smallest absolute Gasteiger partial charge is 0.129 e. The van der Waals surface area contributed by atoms with Crippen molar-refractivity contribution in [2.75, 3.05) is 7.11 Å². The van der Waals surface area contributed by atoms with E-state index in [1.807, 2.05) is 19.1 Å². The Morgan fingerprint density at radius 2 is 2.08 bits per heavy atom. The summed E-state index contributed by atoms with van der Waals surface area (Å²) in [7, 11) is 1.65. The summed E-state index contributed by atoms with van der Waals surface area (Å²) >= 11 is 0. The predicted molar refractivity (Wildman–Crippen MR) is 54.0 cm³/mol. The van der Waals surface area contributed by atoms with Crippen molar-refractivity contribution in [1.29, 1.82) is 0 Å². The van der Waals surface area contributed by atoms with Crippen LogP contribution >= 0.6 is 12.4 Å². The highest BCUT2D eigenvalue weighted by atomic mass is 35.5. The molecule has 0 aliphatic rings. The van der Waals surface area contributed by atoms with Gasteiger partial charge >= 0.3 is 0 Å². The van der Waals surface area contributed by atoms with Crippen LogP contribution in [0, 0.1) is 0 Å². The van der Waals surface area contributed by atoms with Crippen molar-refractivity contribution in [2.24, 2.45) is 5.73 Å². The Morgan fingerprint density at radius 1 is 1.46 bits per heavy atom. The van der Waals surface area contributed by atoms with Gasteiger partial charge in [-0.2, -0.15) is 0 Å². The highest BCUT2D eigenvalue weighted by molar-refractivity contribution is 5.85. The second kappa shape index (κ2) is 6.02. The highest BCUT2D eigenvalue weighted by Gasteiger charge is 2.03. The second-order valence-electron chi connectivity index (χ2n) is 2.98. The summed E-state index contributed by atoms with van der Waals surface area (Å²) in [4.78, 5) is 0. The van der Waals surface area contributed by atoms with Crippen molar-refractivity contribution in [1.82, 2.24) is 0 Å². The molecule has 13 heavy (non-hydrogen) atoms. The van der Waals surface area contributed by atoms with Gasteiger partial charge in [0.15, 0.2) is 0 Å². The van der Waals surface area contributed by atoms with Crippen molar-refractivity contribution in [3.8, 4) is 0 Å². The van der Waals surface area contributed by atoms with E-state index in [2.05, 4.69) is 0 Å². The van der Waals surface area contributed by atoms with Gasteiger partial charge in [0, 0.05) is 19.6 Å². The van der Waals surface area contributed by atoms with Crippen molar-refractivity contribution in [3.63, 3.8) is 0 Å². The summed E-state index contributed by atoms with van der Waals surface area (Å²) in [5, 5.41) is 0. The minimum absolute atomic E-state index is 0. The molecule has 0 radical (unpaired) electrons. The fourth-order valence-corrected chi connectivity index (χ4v) is 1.07. The zero-order valence-electron chi connectivity index (χ0n) is 7.95. The summed E-state index contributed by atoms with van der Waals surface area (Å²) in [6.07, 6.45) is 0.781. The fraction of sp³-hybridized carbons (Fsp3) is 0.556. The molecule has 0 spiro atoms. The molecule has 0 saturated heterocycles. The number of furan rings is 1. The predicted octanol–water partition coefficient (Wildman–Crippen LogP) is 1.74. The summed E-state index contributed by atoms with van der Waals surface area (Å²) in [5.41, 5.74) is 5.62. The van der Waals surface area contributed by atoms with Crippen LogP contribution < -0.4 is 5.73 Å². The molecule has 0 aromatic carbocycles. The quantitative estimate of drug-likeness (QED) is 0.815. The monoisotopic (exact) mass is 205 g/mol. The Morgan fingerprint density at radius 3 is 2.62 bits per heavy atom. The van der Waals surface area contributed by atoms with E-state index in [1.165, 1.54) is 0 Å². The Hall–Kier alpha value is -0.510. The second-order valence-corrected chi connectivity index (χ2v) is 2.98. The van der Waals surface area contributed by atoms with Crippen LogP contribution in [0.25, 0.3) is 0 Å². The van der Waals surface area contributed by atoms with Crippen LogP contribution in [0.5, 0.6) is 0 Å². The van der Waals surface area contributed by atoms with Crippen LogP contribution in [0.4, 0.5) is 0 Å². The van der Waals surface area contributed by atoms with Crippen LogP contribution in [0.1, 0.15) is 18.4 Å². The lowest BCUT2D eigenvalue weighted by Gasteiger charge is -2.00. The van der Waals surface area contributed by atoms with Gasteiger partial charge < -0.3 is 14.9 Å². The summed E-state index contributed by atoms with van der Waals surface area (Å²) < 4.78 is 10.4. The minimum Gasteiger partial charge on any atom is -0.464 e. The molecule has 0 fully saturated rings. The van der Waals surface area contributed by atoms with E-state index in [-0.39, 0.29) is 18.4 Å². The van der Waals surface area contributed by atoms with Crippen molar-refractivity contribution in [2.45, 2.75) is 26.0 Å². The van der Waals surface area contributed by atoms with Crippen molar-refractivity contribution >= 4 is 12.4 Å². The van der Waals surface area contributed by atoms with E-state index in [9.17, 15) is 0 Å².